The third-order valence-corrected chi connectivity index (χ3v) is 4.38. The summed E-state index contributed by atoms with van der Waals surface area (Å²) in [7, 11) is 0. The molecule has 0 bridgehead atoms. The molecule has 0 amide bonds. The van der Waals surface area contributed by atoms with Crippen LogP contribution in [0.25, 0.3) is 0 Å². The lowest BCUT2D eigenvalue weighted by Gasteiger charge is -2.19. The first kappa shape index (κ1) is 11.7. The van der Waals surface area contributed by atoms with E-state index in [0.717, 1.165) is 18.4 Å². The molecule has 1 fully saturated rings. The van der Waals surface area contributed by atoms with Gasteiger partial charge in [-0.2, -0.15) is 0 Å². The highest BCUT2D eigenvalue weighted by molar-refractivity contribution is 5.73. The molecule has 3 atom stereocenters. The molecule has 0 aliphatic heterocycles. The van der Waals surface area contributed by atoms with E-state index in [1.54, 1.807) is 0 Å². The highest BCUT2D eigenvalue weighted by Crippen LogP contribution is 2.46. The van der Waals surface area contributed by atoms with Crippen molar-refractivity contribution in [2.75, 3.05) is 0 Å². The number of carbonyl (C=O) groups is 1. The third kappa shape index (κ3) is 2.03. The highest BCUT2D eigenvalue weighted by Gasteiger charge is 2.47. The summed E-state index contributed by atoms with van der Waals surface area (Å²) in [5.74, 6) is -0.798. The molecule has 3 rings (SSSR count). The van der Waals surface area contributed by atoms with Crippen LogP contribution < -0.4 is 5.73 Å². The topological polar surface area (TPSA) is 63.3 Å². The zero-order chi connectivity index (χ0) is 12.7. The molecular weight excluding hydrogens is 226 g/mol. The number of rotatable bonds is 3. The second-order valence-electron chi connectivity index (χ2n) is 5.61. The Balaban J connectivity index is 1.78. The van der Waals surface area contributed by atoms with Gasteiger partial charge in [-0.25, -0.2) is 0 Å². The Morgan fingerprint density at radius 1 is 1.28 bits per heavy atom. The first-order valence-electron chi connectivity index (χ1n) is 6.77. The minimum atomic E-state index is -0.701. The lowest BCUT2D eigenvalue weighted by atomic mass is 9.88. The zero-order valence-corrected chi connectivity index (χ0v) is 10.4. The first-order valence-corrected chi connectivity index (χ1v) is 6.77. The number of nitrogens with two attached hydrogens (primary N) is 1. The van der Waals surface area contributed by atoms with Crippen LogP contribution >= 0.6 is 0 Å². The van der Waals surface area contributed by atoms with Crippen LogP contribution in [0.5, 0.6) is 0 Å². The van der Waals surface area contributed by atoms with Crippen molar-refractivity contribution in [3.8, 4) is 0 Å². The number of carboxylic acids is 1. The summed E-state index contributed by atoms with van der Waals surface area (Å²) in [6, 6.07) is 6.36. The molecule has 1 aromatic rings. The van der Waals surface area contributed by atoms with E-state index in [1.165, 1.54) is 30.4 Å². The van der Waals surface area contributed by atoms with E-state index in [-0.39, 0.29) is 17.9 Å². The molecule has 2 aliphatic rings. The van der Waals surface area contributed by atoms with Gasteiger partial charge in [-0.3, -0.25) is 4.79 Å². The van der Waals surface area contributed by atoms with Gasteiger partial charge in [-0.05, 0) is 54.7 Å². The van der Waals surface area contributed by atoms with Crippen molar-refractivity contribution in [2.24, 2.45) is 17.6 Å². The van der Waals surface area contributed by atoms with Crippen molar-refractivity contribution < 1.29 is 9.90 Å². The fraction of sp³-hybridized carbons (Fsp3) is 0.533. The predicted molar refractivity (Wildman–Crippen MR) is 69.2 cm³/mol. The quantitative estimate of drug-likeness (QED) is 0.858. The summed E-state index contributed by atoms with van der Waals surface area (Å²) in [5, 5.41) is 8.96. The number of hydrogen-bond donors (Lipinski definition) is 2. The largest absolute Gasteiger partial charge is 0.481 e. The summed E-state index contributed by atoms with van der Waals surface area (Å²) < 4.78 is 0. The Hall–Kier alpha value is -1.35. The zero-order valence-electron chi connectivity index (χ0n) is 10.4. The van der Waals surface area contributed by atoms with E-state index >= 15 is 0 Å². The van der Waals surface area contributed by atoms with Gasteiger partial charge >= 0.3 is 5.97 Å². The second-order valence-corrected chi connectivity index (χ2v) is 5.61. The molecule has 1 saturated carbocycles. The SMILES string of the molecule is NC(c1ccc2c(c1)CCCC2)C1CC1C(=O)O. The summed E-state index contributed by atoms with van der Waals surface area (Å²) in [5.41, 5.74) is 10.2. The molecule has 0 spiro atoms. The van der Waals surface area contributed by atoms with E-state index in [0.29, 0.717) is 0 Å². The van der Waals surface area contributed by atoms with E-state index in [1.807, 2.05) is 0 Å². The Kier molecular flexibility index (Phi) is 2.86. The van der Waals surface area contributed by atoms with Crippen molar-refractivity contribution in [3.05, 3.63) is 34.9 Å². The number of hydrogen-bond acceptors (Lipinski definition) is 2. The minimum absolute atomic E-state index is 0.113. The molecule has 3 heteroatoms. The predicted octanol–water partition coefficient (Wildman–Crippen LogP) is 2.29. The maximum atomic E-state index is 10.9. The van der Waals surface area contributed by atoms with E-state index < -0.39 is 5.97 Å². The van der Waals surface area contributed by atoms with Crippen molar-refractivity contribution in [2.45, 2.75) is 38.1 Å². The number of fused-ring (bicyclic) bond motifs is 1. The normalized spacial score (nSPS) is 27.4. The van der Waals surface area contributed by atoms with Crippen molar-refractivity contribution in [1.82, 2.24) is 0 Å². The van der Waals surface area contributed by atoms with Crippen LogP contribution in [0, 0.1) is 11.8 Å². The molecular formula is C15H19NO2. The Morgan fingerprint density at radius 3 is 2.67 bits per heavy atom. The first-order chi connectivity index (χ1) is 8.66. The molecule has 96 valence electrons. The van der Waals surface area contributed by atoms with Gasteiger partial charge in [0.15, 0.2) is 0 Å². The standard InChI is InChI=1S/C15H19NO2/c16-14(12-8-13(12)15(17)18)11-6-5-9-3-1-2-4-10(9)7-11/h5-7,12-14H,1-4,8,16H2,(H,17,18). The van der Waals surface area contributed by atoms with Crippen LogP contribution in [-0.4, -0.2) is 11.1 Å². The van der Waals surface area contributed by atoms with Crippen LogP contribution in [0.15, 0.2) is 18.2 Å². The molecule has 0 heterocycles. The van der Waals surface area contributed by atoms with Crippen LogP contribution in [0.4, 0.5) is 0 Å². The lowest BCUT2D eigenvalue weighted by Crippen LogP contribution is -2.16. The van der Waals surface area contributed by atoms with E-state index in [2.05, 4.69) is 18.2 Å². The maximum Gasteiger partial charge on any atom is 0.306 e. The molecule has 3 unspecified atom stereocenters. The lowest BCUT2D eigenvalue weighted by molar-refractivity contribution is -0.138. The summed E-state index contributed by atoms with van der Waals surface area (Å²) in [6.45, 7) is 0. The highest BCUT2D eigenvalue weighted by atomic mass is 16.4. The molecule has 0 saturated heterocycles. The molecule has 1 aromatic carbocycles. The summed E-state index contributed by atoms with van der Waals surface area (Å²) in [4.78, 5) is 10.9. The summed E-state index contributed by atoms with van der Waals surface area (Å²) >= 11 is 0. The number of aryl methyl sites for hydroxylation is 2. The molecule has 2 aliphatic carbocycles. The molecule has 0 aromatic heterocycles. The van der Waals surface area contributed by atoms with Gasteiger partial charge in [0.25, 0.3) is 0 Å². The maximum absolute atomic E-state index is 10.9. The minimum Gasteiger partial charge on any atom is -0.481 e. The fourth-order valence-electron chi connectivity index (χ4n) is 3.10. The van der Waals surface area contributed by atoms with Crippen molar-refractivity contribution >= 4 is 5.97 Å². The van der Waals surface area contributed by atoms with Crippen molar-refractivity contribution in [3.63, 3.8) is 0 Å². The number of aliphatic carboxylic acids is 1. The monoisotopic (exact) mass is 245 g/mol. The van der Waals surface area contributed by atoms with Gasteiger partial charge < -0.3 is 10.8 Å². The fourth-order valence-corrected chi connectivity index (χ4v) is 3.10. The van der Waals surface area contributed by atoms with Crippen LogP contribution in [0.2, 0.25) is 0 Å². The molecule has 3 nitrogen and oxygen atoms in total. The molecule has 3 N–H and O–H groups in total. The van der Waals surface area contributed by atoms with E-state index in [9.17, 15) is 4.79 Å². The van der Waals surface area contributed by atoms with Gasteiger partial charge in [-0.1, -0.05) is 18.2 Å². The Labute approximate surface area is 107 Å². The smallest absolute Gasteiger partial charge is 0.306 e. The van der Waals surface area contributed by atoms with Gasteiger partial charge in [0.05, 0.1) is 5.92 Å². The van der Waals surface area contributed by atoms with Gasteiger partial charge in [0, 0.05) is 6.04 Å². The molecule has 0 radical (unpaired) electrons. The number of benzene rings is 1. The number of carboxylic acid groups (broad SMARTS) is 1. The van der Waals surface area contributed by atoms with Crippen molar-refractivity contribution in [1.29, 1.82) is 0 Å². The second kappa shape index (κ2) is 4.39. The van der Waals surface area contributed by atoms with Crippen LogP contribution in [0.3, 0.4) is 0 Å². The van der Waals surface area contributed by atoms with Crippen LogP contribution in [-0.2, 0) is 17.6 Å². The third-order valence-electron chi connectivity index (χ3n) is 4.38. The molecule has 18 heavy (non-hydrogen) atoms. The van der Waals surface area contributed by atoms with Gasteiger partial charge in [0.1, 0.15) is 0 Å². The van der Waals surface area contributed by atoms with Crippen LogP contribution in [0.1, 0.15) is 42.0 Å². The Morgan fingerprint density at radius 2 is 2.00 bits per heavy atom. The summed E-state index contributed by atoms with van der Waals surface area (Å²) in [6.07, 6.45) is 5.58. The Bertz CT molecular complexity index is 483. The van der Waals surface area contributed by atoms with Gasteiger partial charge in [-0.15, -0.1) is 0 Å². The van der Waals surface area contributed by atoms with E-state index in [4.69, 9.17) is 10.8 Å². The van der Waals surface area contributed by atoms with Gasteiger partial charge in [0.2, 0.25) is 0 Å². The average molecular weight is 245 g/mol. The average Bonchev–Trinajstić information content (AvgIpc) is 3.17.